The van der Waals surface area contributed by atoms with Crippen LogP contribution in [0.25, 0.3) is 0 Å². The molecule has 112 valence electrons. The van der Waals surface area contributed by atoms with E-state index in [0.29, 0.717) is 0 Å². The Labute approximate surface area is 111 Å². The van der Waals surface area contributed by atoms with Gasteiger partial charge in [-0.05, 0) is 0 Å². The van der Waals surface area contributed by atoms with Gasteiger partial charge in [-0.3, -0.25) is 9.59 Å². The molecule has 0 heterocycles. The zero-order valence-electron chi connectivity index (χ0n) is 11.0. The molecule has 0 aromatic carbocycles. The Balaban J connectivity index is 4.59. The number of hydrogen-bond donors (Lipinski definition) is 2. The highest BCUT2D eigenvalue weighted by atomic mass is 32.2. The molecule has 0 saturated heterocycles. The summed E-state index contributed by atoms with van der Waals surface area (Å²) >= 11 is 0. The van der Waals surface area contributed by atoms with Gasteiger partial charge in [0.1, 0.15) is 6.04 Å². The number of aliphatic hydroxyl groups is 1. The first-order chi connectivity index (χ1) is 8.78. The fraction of sp³-hybridized carbons (Fsp3) is 0.778. The smallest absolute Gasteiger partial charge is 0.326 e. The lowest BCUT2D eigenvalue weighted by atomic mass is 10.3. The van der Waals surface area contributed by atoms with Crippen molar-refractivity contribution in [1.82, 2.24) is 9.03 Å². The van der Waals surface area contributed by atoms with E-state index in [9.17, 15) is 18.0 Å². The molecule has 2 N–H and O–H groups in total. The number of aliphatic hydroxyl groups excluding tert-OH is 1. The Morgan fingerprint density at radius 3 is 2.32 bits per heavy atom. The van der Waals surface area contributed by atoms with E-state index in [0.717, 1.165) is 11.4 Å². The second kappa shape index (κ2) is 8.04. The Bertz CT molecular complexity index is 409. The lowest BCUT2D eigenvalue weighted by Crippen LogP contribution is -2.49. The van der Waals surface area contributed by atoms with Gasteiger partial charge in [0.05, 0.1) is 27.2 Å². The molecule has 10 heteroatoms. The maximum absolute atomic E-state index is 11.8. The van der Waals surface area contributed by atoms with Gasteiger partial charge < -0.3 is 14.6 Å². The molecule has 0 rings (SSSR count). The van der Waals surface area contributed by atoms with Gasteiger partial charge in [-0.15, -0.1) is 0 Å². The quantitative estimate of drug-likeness (QED) is 0.490. The number of carbonyl (C=O) groups is 2. The van der Waals surface area contributed by atoms with Gasteiger partial charge in [-0.1, -0.05) is 0 Å². The normalized spacial score (nSPS) is 13.1. The molecule has 0 amide bonds. The molecule has 19 heavy (non-hydrogen) atoms. The summed E-state index contributed by atoms with van der Waals surface area (Å²) in [6.07, 6.45) is -0.129. The standard InChI is InChI=1S/C9H18N2O7S/c1-11(5-4-8(13)17-2)19(15,16)10-7(6-12)9(14)18-3/h7,10,12H,4-6H2,1-3H3. The van der Waals surface area contributed by atoms with Crippen LogP contribution in [0.2, 0.25) is 0 Å². The third-order valence-corrected chi connectivity index (χ3v) is 3.81. The first kappa shape index (κ1) is 17.8. The number of carbonyl (C=O) groups excluding carboxylic acids is 2. The summed E-state index contributed by atoms with van der Waals surface area (Å²) in [5.74, 6) is -1.47. The van der Waals surface area contributed by atoms with Crippen molar-refractivity contribution >= 4 is 22.1 Å². The van der Waals surface area contributed by atoms with Gasteiger partial charge in [0, 0.05) is 13.6 Å². The van der Waals surface area contributed by atoms with Crippen molar-refractivity contribution < 1.29 is 32.6 Å². The number of rotatable bonds is 8. The Hall–Kier alpha value is -1.23. The Morgan fingerprint density at radius 1 is 1.32 bits per heavy atom. The van der Waals surface area contributed by atoms with Crippen LogP contribution in [0, 0.1) is 0 Å². The Kier molecular flexibility index (Phi) is 7.52. The lowest BCUT2D eigenvalue weighted by Gasteiger charge is -2.20. The van der Waals surface area contributed by atoms with E-state index >= 15 is 0 Å². The maximum Gasteiger partial charge on any atom is 0.326 e. The first-order valence-corrected chi connectivity index (χ1v) is 6.71. The average Bonchev–Trinajstić information content (AvgIpc) is 2.40. The topological polar surface area (TPSA) is 122 Å². The third-order valence-electron chi connectivity index (χ3n) is 2.23. The zero-order valence-corrected chi connectivity index (χ0v) is 11.8. The molecule has 1 atom stereocenters. The van der Waals surface area contributed by atoms with Gasteiger partial charge >= 0.3 is 11.9 Å². The van der Waals surface area contributed by atoms with E-state index in [4.69, 9.17) is 5.11 Å². The summed E-state index contributed by atoms with van der Waals surface area (Å²) in [5.41, 5.74) is 0. The van der Waals surface area contributed by atoms with Crippen molar-refractivity contribution in [2.24, 2.45) is 0 Å². The van der Waals surface area contributed by atoms with Crippen LogP contribution in [-0.2, 0) is 29.3 Å². The highest BCUT2D eigenvalue weighted by molar-refractivity contribution is 7.87. The van der Waals surface area contributed by atoms with Crippen molar-refractivity contribution in [3.63, 3.8) is 0 Å². The summed E-state index contributed by atoms with van der Waals surface area (Å²) in [6, 6.07) is -1.39. The zero-order chi connectivity index (χ0) is 15.1. The molecule has 0 fully saturated rings. The van der Waals surface area contributed by atoms with Crippen molar-refractivity contribution in [3.8, 4) is 0 Å². The van der Waals surface area contributed by atoms with Crippen molar-refractivity contribution in [1.29, 1.82) is 0 Å². The molecule has 0 spiro atoms. The predicted octanol–water partition coefficient (Wildman–Crippen LogP) is -2.15. The minimum Gasteiger partial charge on any atom is -0.469 e. The number of esters is 2. The fourth-order valence-electron chi connectivity index (χ4n) is 1.04. The monoisotopic (exact) mass is 298 g/mol. The number of hydrogen-bond acceptors (Lipinski definition) is 7. The molecular formula is C9H18N2O7S. The number of nitrogens with zero attached hydrogens (tertiary/aromatic N) is 1. The first-order valence-electron chi connectivity index (χ1n) is 5.27. The van der Waals surface area contributed by atoms with Crippen LogP contribution in [0.4, 0.5) is 0 Å². The fourth-order valence-corrected chi connectivity index (χ4v) is 2.08. The van der Waals surface area contributed by atoms with E-state index in [1.54, 1.807) is 0 Å². The van der Waals surface area contributed by atoms with E-state index in [2.05, 4.69) is 9.47 Å². The van der Waals surface area contributed by atoms with Gasteiger partial charge in [-0.25, -0.2) is 0 Å². The van der Waals surface area contributed by atoms with E-state index in [1.165, 1.54) is 14.2 Å². The number of ether oxygens (including phenoxy) is 2. The molecule has 0 radical (unpaired) electrons. The number of nitrogens with one attached hydrogen (secondary N) is 1. The summed E-state index contributed by atoms with van der Waals surface area (Å²) in [6.45, 7) is -0.863. The lowest BCUT2D eigenvalue weighted by molar-refractivity contribution is -0.143. The average molecular weight is 298 g/mol. The van der Waals surface area contributed by atoms with Crippen LogP contribution in [-0.4, -0.2) is 70.2 Å². The molecule has 0 aromatic rings. The minimum absolute atomic E-state index is 0.124. The second-order valence-electron chi connectivity index (χ2n) is 3.53. The summed E-state index contributed by atoms with van der Waals surface area (Å²) in [4.78, 5) is 22.1. The number of methoxy groups -OCH3 is 2. The highest BCUT2D eigenvalue weighted by Crippen LogP contribution is 2.00. The maximum atomic E-state index is 11.8. The van der Waals surface area contributed by atoms with Crippen LogP contribution >= 0.6 is 0 Å². The van der Waals surface area contributed by atoms with Gasteiger partial charge in [0.15, 0.2) is 0 Å². The molecule has 0 aliphatic heterocycles. The Morgan fingerprint density at radius 2 is 1.89 bits per heavy atom. The van der Waals surface area contributed by atoms with Crippen LogP contribution in [0.15, 0.2) is 0 Å². The largest absolute Gasteiger partial charge is 0.469 e. The molecular weight excluding hydrogens is 280 g/mol. The van der Waals surface area contributed by atoms with Gasteiger partial charge in [0.2, 0.25) is 0 Å². The molecule has 1 unspecified atom stereocenters. The van der Waals surface area contributed by atoms with Gasteiger partial charge in [0.25, 0.3) is 10.2 Å². The van der Waals surface area contributed by atoms with Crippen LogP contribution in [0.1, 0.15) is 6.42 Å². The molecule has 0 bridgehead atoms. The SMILES string of the molecule is COC(=O)CCN(C)S(=O)(=O)NC(CO)C(=O)OC. The highest BCUT2D eigenvalue weighted by Gasteiger charge is 2.27. The third kappa shape index (κ3) is 5.96. The summed E-state index contributed by atoms with van der Waals surface area (Å²) in [7, 11) is -0.538. The molecule has 0 aromatic heterocycles. The summed E-state index contributed by atoms with van der Waals surface area (Å²) < 4.78 is 35.0. The molecule has 0 saturated carbocycles. The molecule has 9 nitrogen and oxygen atoms in total. The van der Waals surface area contributed by atoms with Crippen molar-refractivity contribution in [2.45, 2.75) is 12.5 Å². The predicted molar refractivity (Wildman–Crippen MR) is 64.2 cm³/mol. The van der Waals surface area contributed by atoms with Crippen LogP contribution in [0.3, 0.4) is 0 Å². The van der Waals surface area contributed by atoms with E-state index < -0.39 is 34.8 Å². The molecule has 0 aliphatic carbocycles. The van der Waals surface area contributed by atoms with Crippen LogP contribution < -0.4 is 4.72 Å². The second-order valence-corrected chi connectivity index (χ2v) is 5.34. The molecule has 0 aliphatic rings. The van der Waals surface area contributed by atoms with Crippen molar-refractivity contribution in [2.75, 3.05) is 34.4 Å². The van der Waals surface area contributed by atoms with Crippen LogP contribution in [0.5, 0.6) is 0 Å². The van der Waals surface area contributed by atoms with Crippen molar-refractivity contribution in [3.05, 3.63) is 0 Å². The van der Waals surface area contributed by atoms with Gasteiger partial charge in [-0.2, -0.15) is 17.4 Å². The van der Waals surface area contributed by atoms with E-state index in [1.807, 2.05) is 4.72 Å². The van der Waals surface area contributed by atoms with E-state index in [-0.39, 0.29) is 13.0 Å². The summed E-state index contributed by atoms with van der Waals surface area (Å²) in [5, 5.41) is 8.91. The minimum atomic E-state index is -4.02.